The molecule has 2 aliphatic rings. The zero-order valence-electron chi connectivity index (χ0n) is 19.7. The highest BCUT2D eigenvalue weighted by Gasteiger charge is 2.40. The number of ketones is 1. The molecule has 0 spiro atoms. The van der Waals surface area contributed by atoms with Gasteiger partial charge in [-0.25, -0.2) is 5.01 Å². The number of benzene rings is 3. The molecule has 1 amide bonds. The first-order valence-electron chi connectivity index (χ1n) is 11.6. The lowest BCUT2D eigenvalue weighted by atomic mass is 10.0. The van der Waals surface area contributed by atoms with Crippen LogP contribution in [0.4, 0.5) is 11.4 Å². The van der Waals surface area contributed by atoms with Crippen LogP contribution in [-0.2, 0) is 4.79 Å². The lowest BCUT2D eigenvalue weighted by Crippen LogP contribution is -2.24. The van der Waals surface area contributed by atoms with Crippen molar-refractivity contribution in [1.29, 1.82) is 0 Å². The number of hydrogen-bond donors (Lipinski definition) is 0. The van der Waals surface area contributed by atoms with E-state index in [0.717, 1.165) is 16.8 Å². The third-order valence-electron chi connectivity index (χ3n) is 5.90. The molecule has 180 valence electrons. The molecular formula is C29H20N4O2S2. The minimum Gasteiger partial charge on any atom is -0.285 e. The molecule has 0 atom stereocenters. The summed E-state index contributed by atoms with van der Waals surface area (Å²) in [5.41, 5.74) is 4.26. The summed E-state index contributed by atoms with van der Waals surface area (Å²) in [7, 11) is 0. The van der Waals surface area contributed by atoms with Crippen molar-refractivity contribution in [1.82, 2.24) is 0 Å². The Bertz CT molecular complexity index is 1580. The molecule has 0 saturated heterocycles. The maximum absolute atomic E-state index is 14.0. The number of amides is 1. The van der Waals surface area contributed by atoms with E-state index in [4.69, 9.17) is 10.2 Å². The Morgan fingerprint density at radius 3 is 2.11 bits per heavy atom. The van der Waals surface area contributed by atoms with E-state index in [1.807, 2.05) is 103 Å². The van der Waals surface area contributed by atoms with E-state index in [-0.39, 0.29) is 11.7 Å². The third-order valence-corrected chi connectivity index (χ3v) is 7.80. The molecule has 0 radical (unpaired) electrons. The Balaban J connectivity index is 1.53. The van der Waals surface area contributed by atoms with E-state index in [9.17, 15) is 9.59 Å². The van der Waals surface area contributed by atoms with Gasteiger partial charge in [-0.15, -0.1) is 11.3 Å². The van der Waals surface area contributed by atoms with Gasteiger partial charge in [0.2, 0.25) is 5.78 Å². The van der Waals surface area contributed by atoms with Gasteiger partial charge in [0.15, 0.2) is 5.04 Å². The summed E-state index contributed by atoms with van der Waals surface area (Å²) in [4.78, 5) is 27.9. The van der Waals surface area contributed by atoms with Gasteiger partial charge in [0.05, 0.1) is 16.3 Å². The second-order valence-corrected chi connectivity index (χ2v) is 10.3. The molecule has 4 aromatic rings. The molecule has 0 N–H and O–H groups in total. The number of thiophene rings is 1. The van der Waals surface area contributed by atoms with E-state index in [0.29, 0.717) is 31.9 Å². The van der Waals surface area contributed by atoms with E-state index in [1.165, 1.54) is 28.1 Å². The van der Waals surface area contributed by atoms with Crippen LogP contribution in [0.2, 0.25) is 0 Å². The number of nitrogens with zero attached hydrogens (tertiary/aromatic N) is 4. The number of aryl methyl sites for hydroxylation is 1. The van der Waals surface area contributed by atoms with Gasteiger partial charge in [-0.3, -0.25) is 9.59 Å². The van der Waals surface area contributed by atoms with Crippen molar-refractivity contribution in [3.05, 3.63) is 129 Å². The molecule has 0 bridgehead atoms. The van der Waals surface area contributed by atoms with Crippen molar-refractivity contribution in [3.8, 4) is 0 Å². The summed E-state index contributed by atoms with van der Waals surface area (Å²) in [6, 6.07) is 30.4. The molecule has 37 heavy (non-hydrogen) atoms. The number of rotatable bonds is 5. The molecule has 6 nitrogen and oxygen atoms in total. The van der Waals surface area contributed by atoms with Crippen molar-refractivity contribution in [2.45, 2.75) is 6.92 Å². The number of Topliss-reactive ketones (excluding diaryl/α,β-unsaturated/α-hetero) is 1. The molecular weight excluding hydrogens is 500 g/mol. The number of thioether (sulfide) groups is 1. The minimum atomic E-state index is -0.273. The lowest BCUT2D eigenvalue weighted by molar-refractivity contribution is -0.114. The van der Waals surface area contributed by atoms with Gasteiger partial charge in [-0.05, 0) is 54.4 Å². The Kier molecular flexibility index (Phi) is 6.04. The standard InChI is InChI=1S/C29H20N4O2S2/c1-19-14-16-22(17-15-19)33-29(37-27(31-33)26(34)23-13-8-18-36-23)24-25(20-9-4-2-5-10-20)30-32(28(24)35)21-11-6-3-7-12-21/h2-18H,1H3/b29-24-. The zero-order chi connectivity index (χ0) is 25.4. The number of hydrogen-bond acceptors (Lipinski definition) is 7. The minimum absolute atomic E-state index is 0.170. The number of carbonyl (C=O) groups excluding carboxylic acids is 2. The first-order chi connectivity index (χ1) is 18.1. The molecule has 8 heteroatoms. The van der Waals surface area contributed by atoms with Gasteiger partial charge in [-0.2, -0.15) is 15.2 Å². The first-order valence-corrected chi connectivity index (χ1v) is 13.3. The van der Waals surface area contributed by atoms with Crippen molar-refractivity contribution >= 4 is 56.9 Å². The second-order valence-electron chi connectivity index (χ2n) is 8.41. The molecule has 0 aliphatic carbocycles. The average molecular weight is 521 g/mol. The van der Waals surface area contributed by atoms with Gasteiger partial charge in [-0.1, -0.05) is 72.3 Å². The van der Waals surface area contributed by atoms with Crippen LogP contribution in [-0.4, -0.2) is 22.4 Å². The van der Waals surface area contributed by atoms with E-state index in [1.54, 1.807) is 11.1 Å². The summed E-state index contributed by atoms with van der Waals surface area (Å²) in [6.45, 7) is 2.01. The van der Waals surface area contributed by atoms with Gasteiger partial charge in [0, 0.05) is 5.56 Å². The maximum atomic E-state index is 14.0. The van der Waals surface area contributed by atoms with Crippen LogP contribution < -0.4 is 10.0 Å². The van der Waals surface area contributed by atoms with E-state index < -0.39 is 0 Å². The van der Waals surface area contributed by atoms with Crippen LogP contribution in [0.3, 0.4) is 0 Å². The highest BCUT2D eigenvalue weighted by molar-refractivity contribution is 8.19. The number of hydrazone groups is 2. The highest BCUT2D eigenvalue weighted by atomic mass is 32.2. The molecule has 3 heterocycles. The topological polar surface area (TPSA) is 65.3 Å². The first kappa shape index (κ1) is 23.1. The summed E-state index contributed by atoms with van der Waals surface area (Å²) < 4.78 is 0. The summed E-state index contributed by atoms with van der Waals surface area (Å²) in [6.07, 6.45) is 0. The van der Waals surface area contributed by atoms with Gasteiger partial charge in [0.25, 0.3) is 5.91 Å². The van der Waals surface area contributed by atoms with Crippen LogP contribution in [0.25, 0.3) is 0 Å². The third kappa shape index (κ3) is 4.30. The average Bonchev–Trinajstić information content (AvgIpc) is 3.69. The van der Waals surface area contributed by atoms with Crippen LogP contribution in [0, 0.1) is 6.92 Å². The number of carbonyl (C=O) groups is 2. The van der Waals surface area contributed by atoms with Gasteiger partial charge in [0.1, 0.15) is 16.3 Å². The fraction of sp³-hybridized carbons (Fsp3) is 0.0345. The fourth-order valence-electron chi connectivity index (χ4n) is 4.05. The quantitative estimate of drug-likeness (QED) is 0.224. The monoisotopic (exact) mass is 520 g/mol. The van der Waals surface area contributed by atoms with E-state index in [2.05, 4.69) is 0 Å². The Labute approximate surface area is 222 Å². The molecule has 0 fully saturated rings. The second kappa shape index (κ2) is 9.65. The summed E-state index contributed by atoms with van der Waals surface area (Å²) >= 11 is 2.57. The predicted octanol–water partition coefficient (Wildman–Crippen LogP) is 6.47. The zero-order valence-corrected chi connectivity index (χ0v) is 21.4. The molecule has 6 rings (SSSR count). The number of anilines is 2. The molecule has 0 unspecified atom stereocenters. The van der Waals surface area contributed by atoms with Gasteiger partial charge < -0.3 is 0 Å². The molecule has 1 aromatic heterocycles. The predicted molar refractivity (Wildman–Crippen MR) is 151 cm³/mol. The largest absolute Gasteiger partial charge is 0.285 e. The van der Waals surface area contributed by atoms with Crippen LogP contribution >= 0.6 is 23.1 Å². The van der Waals surface area contributed by atoms with Gasteiger partial charge >= 0.3 is 0 Å². The van der Waals surface area contributed by atoms with Crippen molar-refractivity contribution < 1.29 is 9.59 Å². The molecule has 2 aliphatic heterocycles. The Hall–Kier alpha value is -4.27. The number of para-hydroxylation sites is 1. The van der Waals surface area contributed by atoms with Crippen LogP contribution in [0.1, 0.15) is 20.8 Å². The normalized spacial score (nSPS) is 17.3. The van der Waals surface area contributed by atoms with E-state index >= 15 is 0 Å². The van der Waals surface area contributed by atoms with Crippen molar-refractivity contribution in [2.24, 2.45) is 10.2 Å². The SMILES string of the molecule is Cc1ccc(N2N=C(C(=O)c3cccs3)S/C2=C2\C(=O)N(c3ccccc3)N=C2c2ccccc2)cc1. The lowest BCUT2D eigenvalue weighted by Gasteiger charge is -2.18. The fourth-order valence-corrected chi connectivity index (χ4v) is 5.81. The maximum Gasteiger partial charge on any atom is 0.283 e. The summed E-state index contributed by atoms with van der Waals surface area (Å²) in [5.74, 6) is -0.444. The Morgan fingerprint density at radius 1 is 0.757 bits per heavy atom. The molecule has 3 aromatic carbocycles. The molecule has 0 saturated carbocycles. The smallest absolute Gasteiger partial charge is 0.283 e. The van der Waals surface area contributed by atoms with Crippen LogP contribution in [0.5, 0.6) is 0 Å². The Morgan fingerprint density at radius 2 is 1.43 bits per heavy atom. The highest BCUT2D eigenvalue weighted by Crippen LogP contribution is 2.41. The summed E-state index contributed by atoms with van der Waals surface area (Å²) in [5, 5.41) is 15.3. The van der Waals surface area contributed by atoms with Crippen molar-refractivity contribution in [3.63, 3.8) is 0 Å². The van der Waals surface area contributed by atoms with Crippen molar-refractivity contribution in [2.75, 3.05) is 10.0 Å². The van der Waals surface area contributed by atoms with Crippen LogP contribution in [0.15, 0.2) is 123 Å².